The Morgan fingerprint density at radius 3 is 2.76 bits per heavy atom. The summed E-state index contributed by atoms with van der Waals surface area (Å²) in [6.45, 7) is 7.89. The molecule has 2 aromatic rings. The lowest BCUT2D eigenvalue weighted by Gasteiger charge is -2.20. The van der Waals surface area contributed by atoms with Crippen molar-refractivity contribution in [3.63, 3.8) is 0 Å². The Hall–Kier alpha value is -1.30. The predicted molar refractivity (Wildman–Crippen MR) is 86.5 cm³/mol. The molecule has 0 spiro atoms. The topological polar surface area (TPSA) is 47.0 Å². The Kier molecular flexibility index (Phi) is 5.45. The van der Waals surface area contributed by atoms with Crippen molar-refractivity contribution >= 4 is 11.3 Å². The van der Waals surface area contributed by atoms with Crippen molar-refractivity contribution in [3.05, 3.63) is 45.7 Å². The predicted octanol–water partition coefficient (Wildman–Crippen LogP) is 3.16. The summed E-state index contributed by atoms with van der Waals surface area (Å²) in [4.78, 5) is 10.1. The highest BCUT2D eigenvalue weighted by atomic mass is 32.1. The van der Waals surface area contributed by atoms with E-state index in [4.69, 9.17) is 9.72 Å². The van der Waals surface area contributed by atoms with E-state index in [9.17, 15) is 0 Å². The minimum atomic E-state index is 0.0951. The number of rotatable bonds is 6. The number of hydrogen-bond donors (Lipinski definition) is 1. The molecule has 0 unspecified atom stereocenters. The van der Waals surface area contributed by atoms with Crippen LogP contribution in [-0.4, -0.2) is 22.6 Å². The molecule has 0 atom stereocenters. The number of nitrogens with zero attached hydrogens (tertiary/aromatic N) is 2. The second-order valence-corrected chi connectivity index (χ2v) is 7.22. The number of ether oxygens (including phenoxy) is 1. The molecule has 0 saturated heterocycles. The fourth-order valence-corrected chi connectivity index (χ4v) is 2.97. The van der Waals surface area contributed by atoms with Crippen LogP contribution in [-0.2, 0) is 24.3 Å². The van der Waals surface area contributed by atoms with Crippen LogP contribution < -0.4 is 5.32 Å². The quantitative estimate of drug-likeness (QED) is 0.890. The number of hydrogen-bond acceptors (Lipinski definition) is 5. The van der Waals surface area contributed by atoms with Gasteiger partial charge in [0.15, 0.2) is 0 Å². The molecule has 1 N–H and O–H groups in total. The van der Waals surface area contributed by atoms with E-state index >= 15 is 0 Å². The minimum absolute atomic E-state index is 0.0951. The van der Waals surface area contributed by atoms with Crippen LogP contribution in [0.2, 0.25) is 0 Å². The first-order valence-electron chi connectivity index (χ1n) is 7.08. The molecule has 0 fully saturated rings. The van der Waals surface area contributed by atoms with Gasteiger partial charge in [-0.05, 0) is 32.4 Å². The maximum absolute atomic E-state index is 5.27. The molecule has 21 heavy (non-hydrogen) atoms. The van der Waals surface area contributed by atoms with Gasteiger partial charge in [-0.3, -0.25) is 4.98 Å². The Bertz CT molecular complexity index is 561. The monoisotopic (exact) mass is 305 g/mol. The average Bonchev–Trinajstić information content (AvgIpc) is 2.79. The van der Waals surface area contributed by atoms with E-state index in [-0.39, 0.29) is 5.54 Å². The van der Waals surface area contributed by atoms with Crippen molar-refractivity contribution in [2.24, 2.45) is 0 Å². The molecule has 0 bridgehead atoms. The highest BCUT2D eigenvalue weighted by molar-refractivity contribution is 7.11. The molecule has 0 saturated carbocycles. The molecule has 0 aliphatic rings. The van der Waals surface area contributed by atoms with Gasteiger partial charge in [-0.25, -0.2) is 4.98 Å². The molecular weight excluding hydrogens is 282 g/mol. The molecule has 2 heterocycles. The zero-order valence-electron chi connectivity index (χ0n) is 13.1. The lowest BCUT2D eigenvalue weighted by molar-refractivity contribution is 0.181. The van der Waals surface area contributed by atoms with Gasteiger partial charge in [-0.2, -0.15) is 0 Å². The third kappa shape index (κ3) is 5.19. The van der Waals surface area contributed by atoms with E-state index < -0.39 is 0 Å². The third-order valence-corrected chi connectivity index (χ3v) is 4.06. The number of pyridine rings is 1. The van der Waals surface area contributed by atoms with Crippen LogP contribution in [0.3, 0.4) is 0 Å². The van der Waals surface area contributed by atoms with Crippen molar-refractivity contribution in [2.75, 3.05) is 7.11 Å². The number of nitrogens with one attached hydrogen (secondary N) is 1. The van der Waals surface area contributed by atoms with Gasteiger partial charge in [-0.1, -0.05) is 6.07 Å². The molecule has 4 nitrogen and oxygen atoms in total. The fraction of sp³-hybridized carbons (Fsp3) is 0.500. The number of aromatic nitrogens is 2. The van der Waals surface area contributed by atoms with Crippen LogP contribution in [0.15, 0.2) is 24.5 Å². The first-order chi connectivity index (χ1) is 9.98. The van der Waals surface area contributed by atoms with Gasteiger partial charge in [0.1, 0.15) is 0 Å². The summed E-state index contributed by atoms with van der Waals surface area (Å²) in [5.74, 6) is 0. The molecule has 0 aromatic carbocycles. The van der Waals surface area contributed by atoms with Gasteiger partial charge in [0, 0.05) is 42.9 Å². The summed E-state index contributed by atoms with van der Waals surface area (Å²) in [7, 11) is 1.71. The smallest absolute Gasteiger partial charge is 0.0977 e. The highest BCUT2D eigenvalue weighted by Crippen LogP contribution is 2.22. The van der Waals surface area contributed by atoms with Gasteiger partial charge >= 0.3 is 0 Å². The van der Waals surface area contributed by atoms with Gasteiger partial charge in [-0.15, -0.1) is 11.3 Å². The molecule has 5 heteroatoms. The molecule has 0 aliphatic carbocycles. The summed E-state index contributed by atoms with van der Waals surface area (Å²) >= 11 is 1.75. The summed E-state index contributed by atoms with van der Waals surface area (Å²) in [6.07, 6.45) is 4.51. The summed E-state index contributed by atoms with van der Waals surface area (Å²) in [5.41, 5.74) is 2.32. The van der Waals surface area contributed by atoms with Crippen LogP contribution in [0.25, 0.3) is 0 Å². The number of thiazole rings is 1. The molecule has 2 rings (SSSR count). The Labute approximate surface area is 130 Å². The van der Waals surface area contributed by atoms with Crippen molar-refractivity contribution in [3.8, 4) is 0 Å². The van der Waals surface area contributed by atoms with Crippen LogP contribution in [0.4, 0.5) is 0 Å². The second kappa shape index (κ2) is 7.11. The van der Waals surface area contributed by atoms with Crippen LogP contribution in [0, 0.1) is 0 Å². The molecule has 0 amide bonds. The first kappa shape index (κ1) is 16.1. The lowest BCUT2D eigenvalue weighted by Crippen LogP contribution is -2.35. The van der Waals surface area contributed by atoms with Gasteiger partial charge in [0.25, 0.3) is 0 Å². The SMILES string of the molecule is COCc1nc(Cc2cccnc2)sc1CNC(C)(C)C. The molecule has 114 valence electrons. The van der Waals surface area contributed by atoms with Crippen molar-refractivity contribution < 1.29 is 4.74 Å². The van der Waals surface area contributed by atoms with Crippen LogP contribution >= 0.6 is 11.3 Å². The van der Waals surface area contributed by atoms with Gasteiger partial charge in [0.05, 0.1) is 17.3 Å². The third-order valence-electron chi connectivity index (χ3n) is 2.96. The normalized spacial score (nSPS) is 11.8. The maximum atomic E-state index is 5.27. The summed E-state index contributed by atoms with van der Waals surface area (Å²) in [5, 5.41) is 4.63. The Morgan fingerprint density at radius 2 is 2.14 bits per heavy atom. The minimum Gasteiger partial charge on any atom is -0.378 e. The highest BCUT2D eigenvalue weighted by Gasteiger charge is 2.15. The lowest BCUT2D eigenvalue weighted by atomic mass is 10.1. The van der Waals surface area contributed by atoms with Gasteiger partial charge < -0.3 is 10.1 Å². The van der Waals surface area contributed by atoms with Crippen LogP contribution in [0.1, 0.15) is 41.9 Å². The number of methoxy groups -OCH3 is 1. The van der Waals surface area contributed by atoms with E-state index in [1.54, 1.807) is 24.6 Å². The molecule has 0 radical (unpaired) electrons. The van der Waals surface area contributed by atoms with Crippen molar-refractivity contribution in [1.82, 2.24) is 15.3 Å². The fourth-order valence-electron chi connectivity index (χ4n) is 1.92. The van der Waals surface area contributed by atoms with Gasteiger partial charge in [0.2, 0.25) is 0 Å². The zero-order valence-corrected chi connectivity index (χ0v) is 14.0. The van der Waals surface area contributed by atoms with E-state index in [0.717, 1.165) is 23.7 Å². The largest absolute Gasteiger partial charge is 0.378 e. The maximum Gasteiger partial charge on any atom is 0.0977 e. The average molecular weight is 305 g/mol. The molecular formula is C16H23N3OS. The van der Waals surface area contributed by atoms with Crippen LogP contribution in [0.5, 0.6) is 0 Å². The summed E-state index contributed by atoms with van der Waals surface area (Å²) < 4.78 is 5.27. The zero-order chi connectivity index (χ0) is 15.3. The van der Waals surface area contributed by atoms with E-state index in [2.05, 4.69) is 37.1 Å². The second-order valence-electron chi connectivity index (χ2n) is 6.05. The van der Waals surface area contributed by atoms with Crippen molar-refractivity contribution in [2.45, 2.75) is 45.9 Å². The Balaban J connectivity index is 2.12. The standard InChI is InChI=1S/C16H23N3OS/c1-16(2,3)18-10-14-13(11-20-4)19-15(21-14)8-12-6-5-7-17-9-12/h5-7,9,18H,8,10-11H2,1-4H3. The van der Waals surface area contributed by atoms with E-state index in [1.807, 2.05) is 12.3 Å². The van der Waals surface area contributed by atoms with E-state index in [1.165, 1.54) is 10.4 Å². The Morgan fingerprint density at radius 1 is 1.33 bits per heavy atom. The molecule has 2 aromatic heterocycles. The van der Waals surface area contributed by atoms with Crippen molar-refractivity contribution in [1.29, 1.82) is 0 Å². The van der Waals surface area contributed by atoms with E-state index in [0.29, 0.717) is 6.61 Å². The first-order valence-corrected chi connectivity index (χ1v) is 7.90. The summed E-state index contributed by atoms with van der Waals surface area (Å²) in [6, 6.07) is 4.04. The molecule has 0 aliphatic heterocycles.